The van der Waals surface area contributed by atoms with E-state index in [0.29, 0.717) is 22.6 Å². The van der Waals surface area contributed by atoms with Gasteiger partial charge >= 0.3 is 0 Å². The number of nitrogen functional groups attached to an aromatic ring is 1. The van der Waals surface area contributed by atoms with Crippen LogP contribution in [-0.2, 0) is 0 Å². The summed E-state index contributed by atoms with van der Waals surface area (Å²) in [5.41, 5.74) is 8.31. The molecule has 4 nitrogen and oxygen atoms in total. The Labute approximate surface area is 116 Å². The van der Waals surface area contributed by atoms with E-state index in [-0.39, 0.29) is 11.7 Å². The highest BCUT2D eigenvalue weighted by molar-refractivity contribution is 6.00. The predicted molar refractivity (Wildman–Crippen MR) is 78.7 cm³/mol. The fraction of sp³-hybridized carbons (Fsp3) is 0.133. The molecule has 0 spiro atoms. The van der Waals surface area contributed by atoms with Crippen molar-refractivity contribution in [3.05, 3.63) is 53.3 Å². The lowest BCUT2D eigenvalue weighted by atomic mass is 10.1. The van der Waals surface area contributed by atoms with Crippen LogP contribution in [0, 0.1) is 12.7 Å². The normalized spacial score (nSPS) is 10.2. The summed E-state index contributed by atoms with van der Waals surface area (Å²) < 4.78 is 13.8. The molecule has 0 heterocycles. The first-order valence-electron chi connectivity index (χ1n) is 6.16. The molecule has 0 atom stereocenters. The lowest BCUT2D eigenvalue weighted by molar-refractivity contribution is 0.0964. The molecule has 104 valence electrons. The Bertz CT molecular complexity index is 656. The van der Waals surface area contributed by atoms with E-state index in [9.17, 15) is 9.18 Å². The van der Waals surface area contributed by atoms with Gasteiger partial charge in [0.25, 0.3) is 5.91 Å². The number of halogens is 1. The lowest BCUT2D eigenvalue weighted by Crippen LogP contribution is -2.19. The average Bonchev–Trinajstić information content (AvgIpc) is 2.42. The minimum absolute atomic E-state index is 0.263. The topological polar surface area (TPSA) is 67.2 Å². The Morgan fingerprint density at radius 1 is 1.15 bits per heavy atom. The van der Waals surface area contributed by atoms with E-state index in [1.165, 1.54) is 13.1 Å². The van der Waals surface area contributed by atoms with Crippen LogP contribution in [0.5, 0.6) is 0 Å². The van der Waals surface area contributed by atoms with Crippen molar-refractivity contribution in [2.24, 2.45) is 0 Å². The third kappa shape index (κ3) is 2.88. The van der Waals surface area contributed by atoms with E-state index < -0.39 is 0 Å². The molecule has 1 amide bonds. The van der Waals surface area contributed by atoms with E-state index in [0.717, 1.165) is 5.56 Å². The van der Waals surface area contributed by atoms with Crippen LogP contribution in [0.4, 0.5) is 21.5 Å². The number of aryl methyl sites for hydroxylation is 1. The number of carbonyl (C=O) groups excluding carboxylic acids is 1. The summed E-state index contributed by atoms with van der Waals surface area (Å²) in [6.07, 6.45) is 0. The van der Waals surface area contributed by atoms with Gasteiger partial charge in [-0.15, -0.1) is 0 Å². The highest BCUT2D eigenvalue weighted by Crippen LogP contribution is 2.26. The Balaban J connectivity index is 2.44. The fourth-order valence-electron chi connectivity index (χ4n) is 1.88. The first-order valence-corrected chi connectivity index (χ1v) is 6.16. The number of hydrogen-bond donors (Lipinski definition) is 3. The highest BCUT2D eigenvalue weighted by atomic mass is 19.1. The monoisotopic (exact) mass is 273 g/mol. The van der Waals surface area contributed by atoms with Crippen LogP contribution in [0.1, 0.15) is 15.9 Å². The van der Waals surface area contributed by atoms with Gasteiger partial charge in [0.05, 0.1) is 16.9 Å². The highest BCUT2D eigenvalue weighted by Gasteiger charge is 2.12. The van der Waals surface area contributed by atoms with Crippen LogP contribution in [0.25, 0.3) is 0 Å². The molecule has 2 aromatic carbocycles. The third-order valence-electron chi connectivity index (χ3n) is 2.91. The summed E-state index contributed by atoms with van der Waals surface area (Å²) in [7, 11) is 1.54. The molecule has 20 heavy (non-hydrogen) atoms. The van der Waals surface area contributed by atoms with Crippen LogP contribution >= 0.6 is 0 Å². The van der Waals surface area contributed by atoms with E-state index >= 15 is 0 Å². The summed E-state index contributed by atoms with van der Waals surface area (Å²) >= 11 is 0. The molecule has 0 saturated heterocycles. The summed E-state index contributed by atoms with van der Waals surface area (Å²) in [4.78, 5) is 11.8. The van der Waals surface area contributed by atoms with Crippen molar-refractivity contribution >= 4 is 23.0 Å². The first kappa shape index (κ1) is 13.9. The number of carbonyl (C=O) groups is 1. The van der Waals surface area contributed by atoms with Crippen molar-refractivity contribution in [3.8, 4) is 0 Å². The molecule has 2 rings (SSSR count). The molecule has 4 N–H and O–H groups in total. The molecule has 0 fully saturated rings. The smallest absolute Gasteiger partial charge is 0.253 e. The van der Waals surface area contributed by atoms with Crippen molar-refractivity contribution in [1.29, 1.82) is 0 Å². The zero-order chi connectivity index (χ0) is 14.7. The summed E-state index contributed by atoms with van der Waals surface area (Å²) in [6, 6.07) is 9.56. The van der Waals surface area contributed by atoms with Gasteiger partial charge in [0.1, 0.15) is 5.82 Å². The maximum Gasteiger partial charge on any atom is 0.253 e. The molecule has 0 radical (unpaired) electrons. The number of nitrogens with one attached hydrogen (secondary N) is 2. The van der Waals surface area contributed by atoms with E-state index in [4.69, 9.17) is 5.73 Å². The van der Waals surface area contributed by atoms with Gasteiger partial charge in [-0.1, -0.05) is 6.07 Å². The number of anilines is 3. The van der Waals surface area contributed by atoms with E-state index in [2.05, 4.69) is 10.6 Å². The van der Waals surface area contributed by atoms with Gasteiger partial charge < -0.3 is 16.4 Å². The van der Waals surface area contributed by atoms with E-state index in [1.54, 1.807) is 30.3 Å². The number of benzene rings is 2. The minimum Gasteiger partial charge on any atom is -0.399 e. The van der Waals surface area contributed by atoms with Crippen molar-refractivity contribution in [1.82, 2.24) is 5.32 Å². The van der Waals surface area contributed by atoms with Gasteiger partial charge in [0, 0.05) is 12.7 Å². The van der Waals surface area contributed by atoms with Gasteiger partial charge in [-0.25, -0.2) is 4.39 Å². The number of rotatable bonds is 3. The molecule has 0 aromatic heterocycles. The first-order chi connectivity index (χ1) is 9.51. The predicted octanol–water partition coefficient (Wildman–Crippen LogP) is 2.82. The lowest BCUT2D eigenvalue weighted by Gasteiger charge is -2.13. The van der Waals surface area contributed by atoms with Gasteiger partial charge in [-0.05, 0) is 42.8 Å². The Morgan fingerprint density at radius 3 is 2.60 bits per heavy atom. The molecular weight excluding hydrogens is 257 g/mol. The minimum atomic E-state index is -0.388. The fourth-order valence-corrected chi connectivity index (χ4v) is 1.88. The van der Waals surface area contributed by atoms with Crippen LogP contribution < -0.4 is 16.4 Å². The Kier molecular flexibility index (Phi) is 3.89. The van der Waals surface area contributed by atoms with Crippen molar-refractivity contribution in [2.75, 3.05) is 18.1 Å². The molecule has 0 aliphatic heterocycles. The molecule has 0 aliphatic rings. The van der Waals surface area contributed by atoms with Crippen molar-refractivity contribution < 1.29 is 9.18 Å². The van der Waals surface area contributed by atoms with Gasteiger partial charge in [0.15, 0.2) is 0 Å². The Hall–Kier alpha value is -2.56. The van der Waals surface area contributed by atoms with Crippen molar-refractivity contribution in [2.45, 2.75) is 6.92 Å². The second kappa shape index (κ2) is 5.61. The molecule has 0 unspecified atom stereocenters. The van der Waals surface area contributed by atoms with Gasteiger partial charge in [0.2, 0.25) is 0 Å². The van der Waals surface area contributed by atoms with E-state index in [1.807, 2.05) is 6.92 Å². The molecule has 0 saturated carbocycles. The standard InChI is InChI=1S/C15H16FN3O/c1-9-3-6-12(16)14(7-9)19-13-8-10(17)4-5-11(13)15(20)18-2/h3-8,19H,17H2,1-2H3,(H,18,20). The zero-order valence-electron chi connectivity index (χ0n) is 11.3. The maximum absolute atomic E-state index is 13.8. The second-order valence-corrected chi connectivity index (χ2v) is 4.49. The summed E-state index contributed by atoms with van der Waals surface area (Å²) in [6.45, 7) is 1.86. The molecular formula is C15H16FN3O. The SMILES string of the molecule is CNC(=O)c1ccc(N)cc1Nc1cc(C)ccc1F. The van der Waals surface area contributed by atoms with Gasteiger partial charge in [-0.3, -0.25) is 4.79 Å². The number of hydrogen-bond acceptors (Lipinski definition) is 3. The number of nitrogens with two attached hydrogens (primary N) is 1. The van der Waals surface area contributed by atoms with Crippen molar-refractivity contribution in [3.63, 3.8) is 0 Å². The quantitative estimate of drug-likeness (QED) is 0.753. The maximum atomic E-state index is 13.8. The summed E-state index contributed by atoms with van der Waals surface area (Å²) in [5.74, 6) is -0.651. The van der Waals surface area contributed by atoms with Crippen LogP contribution in [0.3, 0.4) is 0 Å². The zero-order valence-corrected chi connectivity index (χ0v) is 11.3. The third-order valence-corrected chi connectivity index (χ3v) is 2.91. The summed E-state index contributed by atoms with van der Waals surface area (Å²) in [5, 5.41) is 5.46. The second-order valence-electron chi connectivity index (χ2n) is 4.49. The number of amides is 1. The molecule has 5 heteroatoms. The molecule has 2 aromatic rings. The molecule has 0 aliphatic carbocycles. The van der Waals surface area contributed by atoms with Gasteiger partial charge in [-0.2, -0.15) is 0 Å². The van der Waals surface area contributed by atoms with Crippen LogP contribution in [-0.4, -0.2) is 13.0 Å². The van der Waals surface area contributed by atoms with Crippen LogP contribution in [0.15, 0.2) is 36.4 Å². The largest absolute Gasteiger partial charge is 0.399 e. The van der Waals surface area contributed by atoms with Crippen LogP contribution in [0.2, 0.25) is 0 Å². The Morgan fingerprint density at radius 2 is 1.90 bits per heavy atom. The average molecular weight is 273 g/mol. The molecule has 0 bridgehead atoms.